The molecule has 3 unspecified atom stereocenters. The Morgan fingerprint density at radius 3 is 2.67 bits per heavy atom. The highest BCUT2D eigenvalue weighted by molar-refractivity contribution is 7.84. The zero-order valence-corrected chi connectivity index (χ0v) is 11.7. The Morgan fingerprint density at radius 1 is 1.56 bits per heavy atom. The lowest BCUT2D eigenvalue weighted by Gasteiger charge is -2.31. The normalized spacial score (nSPS) is 26.7. The van der Waals surface area contributed by atoms with E-state index >= 15 is 0 Å². The number of hydrogen-bond acceptors (Lipinski definition) is 3. The average Bonchev–Trinajstić information content (AvgIpc) is 2.69. The van der Waals surface area contributed by atoms with Crippen molar-refractivity contribution in [3.05, 3.63) is 0 Å². The van der Waals surface area contributed by atoms with Crippen molar-refractivity contribution in [2.45, 2.75) is 37.5 Å². The first-order valence-electron chi connectivity index (χ1n) is 5.90. The summed E-state index contributed by atoms with van der Waals surface area (Å²) < 4.78 is 11.2. The molecule has 7 heteroatoms. The smallest absolute Gasteiger partial charge is 0.329 e. The predicted octanol–water partition coefficient (Wildman–Crippen LogP) is 0.402. The van der Waals surface area contributed by atoms with Crippen molar-refractivity contribution >= 4 is 22.8 Å². The molecule has 2 amide bonds. The Labute approximate surface area is 109 Å². The summed E-state index contributed by atoms with van der Waals surface area (Å²) in [5.41, 5.74) is -1.13. The molecule has 1 saturated heterocycles. The van der Waals surface area contributed by atoms with Crippen molar-refractivity contribution in [3.8, 4) is 0 Å². The summed E-state index contributed by atoms with van der Waals surface area (Å²) in [6, 6.07) is -0.394. The fourth-order valence-electron chi connectivity index (χ4n) is 1.95. The number of aliphatic carboxylic acids is 1. The lowest BCUT2D eigenvalue weighted by Crippen LogP contribution is -2.54. The number of rotatable bonds is 4. The van der Waals surface area contributed by atoms with Crippen LogP contribution in [0, 0.1) is 0 Å². The van der Waals surface area contributed by atoms with Crippen molar-refractivity contribution < 1.29 is 18.9 Å². The summed E-state index contributed by atoms with van der Waals surface area (Å²) in [5.74, 6) is -0.984. The molecule has 1 aliphatic rings. The van der Waals surface area contributed by atoms with Gasteiger partial charge in [-0.25, -0.2) is 9.59 Å². The number of nitrogens with one attached hydrogen (secondary N) is 1. The van der Waals surface area contributed by atoms with E-state index in [1.165, 1.54) is 4.90 Å². The molecule has 18 heavy (non-hydrogen) atoms. The Kier molecular flexibility index (Phi) is 4.72. The molecule has 0 spiro atoms. The Hall–Kier alpha value is -1.11. The van der Waals surface area contributed by atoms with Crippen LogP contribution in [0.3, 0.4) is 0 Å². The topological polar surface area (TPSA) is 86.7 Å². The molecule has 0 bridgehead atoms. The standard InChI is InChI=1S/C11H20N2O4S/c1-8(18(3)17)7-12-10(16)13-6-4-5-11(13,2)9(14)15/h8H,4-7H2,1-3H3,(H,12,16)(H,14,15). The van der Waals surface area contributed by atoms with E-state index in [1.807, 2.05) is 0 Å². The molecular formula is C11H20N2O4S. The Morgan fingerprint density at radius 2 is 2.17 bits per heavy atom. The molecule has 1 fully saturated rings. The molecule has 3 atom stereocenters. The number of carbonyl (C=O) groups is 2. The van der Waals surface area contributed by atoms with Gasteiger partial charge in [-0.15, -0.1) is 0 Å². The molecule has 6 nitrogen and oxygen atoms in total. The van der Waals surface area contributed by atoms with E-state index in [9.17, 15) is 18.9 Å². The predicted molar refractivity (Wildman–Crippen MR) is 68.9 cm³/mol. The zero-order chi connectivity index (χ0) is 13.9. The van der Waals surface area contributed by atoms with E-state index in [0.717, 1.165) is 0 Å². The lowest BCUT2D eigenvalue weighted by atomic mass is 10.00. The van der Waals surface area contributed by atoms with Crippen LogP contribution < -0.4 is 5.32 Å². The zero-order valence-electron chi connectivity index (χ0n) is 10.9. The van der Waals surface area contributed by atoms with Gasteiger partial charge in [0.15, 0.2) is 0 Å². The first-order chi connectivity index (χ1) is 8.29. The van der Waals surface area contributed by atoms with E-state index in [4.69, 9.17) is 0 Å². The highest BCUT2D eigenvalue weighted by Crippen LogP contribution is 2.29. The number of carbonyl (C=O) groups excluding carboxylic acids is 1. The van der Waals surface area contributed by atoms with Crippen LogP contribution in [0.4, 0.5) is 4.79 Å². The van der Waals surface area contributed by atoms with Gasteiger partial charge in [0.2, 0.25) is 0 Å². The number of likely N-dealkylation sites (tertiary alicyclic amines) is 1. The molecule has 0 saturated carbocycles. The van der Waals surface area contributed by atoms with E-state index in [2.05, 4.69) is 5.32 Å². The van der Waals surface area contributed by atoms with Crippen molar-refractivity contribution in [1.29, 1.82) is 0 Å². The summed E-state index contributed by atoms with van der Waals surface area (Å²) in [6.07, 6.45) is 2.73. The van der Waals surface area contributed by atoms with Gasteiger partial charge >= 0.3 is 12.0 Å². The maximum absolute atomic E-state index is 11.9. The molecule has 0 radical (unpaired) electrons. The van der Waals surface area contributed by atoms with Crippen LogP contribution in [0.2, 0.25) is 0 Å². The van der Waals surface area contributed by atoms with Crippen molar-refractivity contribution in [2.75, 3.05) is 19.3 Å². The second-order valence-electron chi connectivity index (χ2n) is 4.83. The molecule has 2 N–H and O–H groups in total. The van der Waals surface area contributed by atoms with Gasteiger partial charge in [0.05, 0.1) is 0 Å². The second-order valence-corrected chi connectivity index (χ2v) is 6.63. The third-order valence-corrected chi connectivity index (χ3v) is 4.75. The maximum atomic E-state index is 11.9. The van der Waals surface area contributed by atoms with Crippen molar-refractivity contribution in [1.82, 2.24) is 10.2 Å². The third-order valence-electron chi connectivity index (χ3n) is 3.45. The first kappa shape index (κ1) is 14.9. The monoisotopic (exact) mass is 276 g/mol. The highest BCUT2D eigenvalue weighted by atomic mass is 32.2. The fourth-order valence-corrected chi connectivity index (χ4v) is 2.27. The van der Waals surface area contributed by atoms with Gasteiger partial charge < -0.3 is 15.3 Å². The van der Waals surface area contributed by atoms with Crippen LogP contribution >= 0.6 is 0 Å². The highest BCUT2D eigenvalue weighted by Gasteiger charge is 2.45. The number of urea groups is 1. The second kappa shape index (κ2) is 5.69. The van der Waals surface area contributed by atoms with Crippen molar-refractivity contribution in [3.63, 3.8) is 0 Å². The minimum absolute atomic E-state index is 0.146. The molecular weight excluding hydrogens is 256 g/mol. The maximum Gasteiger partial charge on any atom is 0.329 e. The van der Waals surface area contributed by atoms with Crippen LogP contribution in [0.5, 0.6) is 0 Å². The van der Waals surface area contributed by atoms with Gasteiger partial charge in [-0.3, -0.25) is 4.21 Å². The number of carboxylic acid groups (broad SMARTS) is 1. The Balaban J connectivity index is 2.62. The number of amides is 2. The Bertz CT molecular complexity index is 374. The van der Waals surface area contributed by atoms with Gasteiger partial charge in [0.1, 0.15) is 5.54 Å². The fraction of sp³-hybridized carbons (Fsp3) is 0.818. The molecule has 104 valence electrons. The van der Waals surface area contributed by atoms with Crippen molar-refractivity contribution in [2.24, 2.45) is 0 Å². The van der Waals surface area contributed by atoms with Crippen LogP contribution in [-0.4, -0.2) is 56.3 Å². The van der Waals surface area contributed by atoms with E-state index in [1.54, 1.807) is 20.1 Å². The van der Waals surface area contributed by atoms with Crippen LogP contribution in [0.25, 0.3) is 0 Å². The largest absolute Gasteiger partial charge is 0.480 e. The van der Waals surface area contributed by atoms with Gasteiger partial charge in [-0.2, -0.15) is 0 Å². The molecule has 1 rings (SSSR count). The summed E-state index contributed by atoms with van der Waals surface area (Å²) in [5, 5.41) is 11.7. The average molecular weight is 276 g/mol. The van der Waals surface area contributed by atoms with Gasteiger partial charge in [-0.1, -0.05) is 0 Å². The summed E-state index contributed by atoms with van der Waals surface area (Å²) in [7, 11) is -1.01. The van der Waals surface area contributed by atoms with Gasteiger partial charge in [0, 0.05) is 35.4 Å². The van der Waals surface area contributed by atoms with E-state index in [-0.39, 0.29) is 11.8 Å². The summed E-state index contributed by atoms with van der Waals surface area (Å²) in [4.78, 5) is 24.5. The number of hydrogen-bond donors (Lipinski definition) is 2. The first-order valence-corrected chi connectivity index (χ1v) is 7.52. The molecule has 0 aromatic carbocycles. The van der Waals surface area contributed by atoms with Gasteiger partial charge in [-0.05, 0) is 26.7 Å². The summed E-state index contributed by atoms with van der Waals surface area (Å²) in [6.45, 7) is 4.06. The molecule has 1 aliphatic heterocycles. The number of nitrogens with zero attached hydrogens (tertiary/aromatic N) is 1. The van der Waals surface area contributed by atoms with Crippen LogP contribution in [0.1, 0.15) is 26.7 Å². The molecule has 0 aliphatic carbocycles. The van der Waals surface area contributed by atoms with E-state index in [0.29, 0.717) is 19.4 Å². The minimum Gasteiger partial charge on any atom is -0.480 e. The van der Waals surface area contributed by atoms with E-state index < -0.39 is 28.3 Å². The lowest BCUT2D eigenvalue weighted by molar-refractivity contribution is -0.147. The van der Waals surface area contributed by atoms with Gasteiger partial charge in [0.25, 0.3) is 0 Å². The molecule has 0 aromatic rings. The quantitative estimate of drug-likeness (QED) is 0.778. The summed E-state index contributed by atoms with van der Waals surface area (Å²) >= 11 is 0. The van der Waals surface area contributed by atoms with Crippen LogP contribution in [-0.2, 0) is 15.6 Å². The SMILES string of the molecule is CC(CNC(=O)N1CCCC1(C)C(=O)O)S(C)=O. The third kappa shape index (κ3) is 3.01. The minimum atomic E-state index is -1.13. The van der Waals surface area contributed by atoms with Crippen LogP contribution in [0.15, 0.2) is 0 Å². The molecule has 0 aromatic heterocycles. The molecule has 1 heterocycles. The number of carboxylic acids is 1.